The van der Waals surface area contributed by atoms with E-state index in [2.05, 4.69) is 16.0 Å². The van der Waals surface area contributed by atoms with Gasteiger partial charge in [0.1, 0.15) is 0 Å². The van der Waals surface area contributed by atoms with Gasteiger partial charge in [-0.1, -0.05) is 61.7 Å². The molecule has 0 radical (unpaired) electrons. The summed E-state index contributed by atoms with van der Waals surface area (Å²) >= 11 is 0. The fourth-order valence-electron chi connectivity index (χ4n) is 5.03. The molecule has 1 aliphatic carbocycles. The lowest BCUT2D eigenvalue weighted by atomic mass is 9.83. The molecule has 0 bridgehead atoms. The van der Waals surface area contributed by atoms with E-state index in [0.29, 0.717) is 11.5 Å². The molecule has 222 valence electrons. The van der Waals surface area contributed by atoms with Gasteiger partial charge in [-0.3, -0.25) is 4.79 Å². The molecule has 3 aromatic rings. The Morgan fingerprint density at radius 2 is 1.50 bits per heavy atom. The van der Waals surface area contributed by atoms with E-state index in [4.69, 9.17) is 5.11 Å². The second-order valence-electron chi connectivity index (χ2n) is 10.3. The van der Waals surface area contributed by atoms with Gasteiger partial charge < -0.3 is 26.2 Å². The third kappa shape index (κ3) is 8.10. The molecule has 5 N–H and O–H groups in total. The van der Waals surface area contributed by atoms with Gasteiger partial charge >= 0.3 is 18.2 Å². The first-order valence-electron chi connectivity index (χ1n) is 13.6. The number of hydrogen-bond donors (Lipinski definition) is 5. The predicted molar refractivity (Wildman–Crippen MR) is 150 cm³/mol. The van der Waals surface area contributed by atoms with Gasteiger partial charge in [0, 0.05) is 11.3 Å². The number of aliphatic hydroxyl groups excluding tert-OH is 1. The number of aliphatic carboxylic acids is 1. The van der Waals surface area contributed by atoms with Crippen LogP contribution >= 0.6 is 0 Å². The van der Waals surface area contributed by atoms with Gasteiger partial charge in [0.2, 0.25) is 0 Å². The molecule has 42 heavy (non-hydrogen) atoms. The van der Waals surface area contributed by atoms with Crippen LogP contribution in [0, 0.1) is 0 Å². The number of benzene rings is 3. The molecule has 11 heteroatoms. The van der Waals surface area contributed by atoms with E-state index in [9.17, 15) is 32.7 Å². The number of aliphatic hydroxyl groups is 1. The lowest BCUT2D eigenvalue weighted by Crippen LogP contribution is -2.36. The molecule has 4 rings (SSSR count). The summed E-state index contributed by atoms with van der Waals surface area (Å²) in [6.45, 7) is -0.469. The minimum atomic E-state index is -4.56. The number of nitrogens with one attached hydrogen (secondary N) is 3. The molecule has 0 aromatic heterocycles. The second kappa shape index (κ2) is 13.5. The maximum atomic E-state index is 13.1. The zero-order valence-corrected chi connectivity index (χ0v) is 22.7. The number of hydrogen-bond acceptors (Lipinski definition) is 4. The van der Waals surface area contributed by atoms with Crippen molar-refractivity contribution in [2.75, 3.05) is 11.9 Å². The Bertz CT molecular complexity index is 1390. The van der Waals surface area contributed by atoms with Crippen LogP contribution < -0.4 is 16.0 Å². The van der Waals surface area contributed by atoms with E-state index in [0.717, 1.165) is 30.5 Å². The van der Waals surface area contributed by atoms with Crippen LogP contribution in [0.2, 0.25) is 0 Å². The molecule has 8 nitrogen and oxygen atoms in total. The predicted octanol–water partition coefficient (Wildman–Crippen LogP) is 5.84. The smallest absolute Gasteiger partial charge is 0.416 e. The number of alkyl halides is 3. The van der Waals surface area contributed by atoms with Crippen LogP contribution in [0.3, 0.4) is 0 Å². The molecule has 3 aromatic carbocycles. The van der Waals surface area contributed by atoms with E-state index < -0.39 is 48.3 Å². The number of carboxylic acids is 1. The van der Waals surface area contributed by atoms with Gasteiger partial charge in [-0.15, -0.1) is 0 Å². The topological polar surface area (TPSA) is 128 Å². The van der Waals surface area contributed by atoms with Crippen LogP contribution in [-0.2, 0) is 11.0 Å². The lowest BCUT2D eigenvalue weighted by Gasteiger charge is -2.24. The Labute approximate surface area is 241 Å². The van der Waals surface area contributed by atoms with Gasteiger partial charge in [0.15, 0.2) is 6.10 Å². The molecule has 0 heterocycles. The van der Waals surface area contributed by atoms with Crippen molar-refractivity contribution in [2.45, 2.75) is 56.3 Å². The third-order valence-corrected chi connectivity index (χ3v) is 7.32. The van der Waals surface area contributed by atoms with E-state index in [1.165, 1.54) is 49.1 Å². The molecule has 0 saturated heterocycles. The Balaban J connectivity index is 1.55. The van der Waals surface area contributed by atoms with Crippen molar-refractivity contribution in [3.63, 3.8) is 0 Å². The largest absolute Gasteiger partial charge is 0.479 e. The first kappa shape index (κ1) is 30.6. The highest BCUT2D eigenvalue weighted by Gasteiger charge is 2.30. The molecule has 1 aliphatic rings. The highest BCUT2D eigenvalue weighted by molar-refractivity contribution is 5.94. The van der Waals surface area contributed by atoms with E-state index >= 15 is 0 Å². The molecule has 2 unspecified atom stereocenters. The number of urea groups is 1. The van der Waals surface area contributed by atoms with E-state index in [-0.39, 0.29) is 11.3 Å². The van der Waals surface area contributed by atoms with Crippen molar-refractivity contribution >= 4 is 23.6 Å². The average molecular weight is 584 g/mol. The zero-order valence-electron chi connectivity index (χ0n) is 22.7. The van der Waals surface area contributed by atoms with Crippen LogP contribution in [0.5, 0.6) is 0 Å². The van der Waals surface area contributed by atoms with Gasteiger partial charge in [-0.05, 0) is 65.8 Å². The molecule has 1 saturated carbocycles. The number of rotatable bonds is 9. The third-order valence-electron chi connectivity index (χ3n) is 7.32. The van der Waals surface area contributed by atoms with E-state index in [1.807, 2.05) is 24.3 Å². The SMILES string of the molecule is O=C(Nc1cccc(C(F)(F)F)c1)NC(c1ccc(C(=O)NCC(O)C(=O)O)cc1)c1ccc(C2CCCCC2)cc1. The minimum Gasteiger partial charge on any atom is -0.479 e. The summed E-state index contributed by atoms with van der Waals surface area (Å²) in [6.07, 6.45) is -0.468. The van der Waals surface area contributed by atoms with Gasteiger partial charge in [-0.2, -0.15) is 13.2 Å². The maximum Gasteiger partial charge on any atom is 0.416 e. The Kier molecular flexibility index (Phi) is 9.84. The summed E-state index contributed by atoms with van der Waals surface area (Å²) in [5.41, 5.74) is 1.83. The number of carbonyl (C=O) groups excluding carboxylic acids is 2. The molecular weight excluding hydrogens is 551 g/mol. The quantitative estimate of drug-likeness (QED) is 0.216. The molecule has 1 fully saturated rings. The number of amides is 3. The van der Waals surface area contributed by atoms with Crippen LogP contribution in [0.15, 0.2) is 72.8 Å². The summed E-state index contributed by atoms with van der Waals surface area (Å²) in [7, 11) is 0. The Morgan fingerprint density at radius 1 is 0.881 bits per heavy atom. The van der Waals surface area contributed by atoms with Gasteiger partial charge in [-0.25, -0.2) is 9.59 Å². The summed E-state index contributed by atoms with van der Waals surface area (Å²) in [4.78, 5) is 36.2. The number of anilines is 1. The van der Waals surface area contributed by atoms with Crippen molar-refractivity contribution in [1.82, 2.24) is 10.6 Å². The highest BCUT2D eigenvalue weighted by Crippen LogP contribution is 2.34. The van der Waals surface area contributed by atoms with Crippen molar-refractivity contribution in [1.29, 1.82) is 0 Å². The number of carboxylic acid groups (broad SMARTS) is 1. The summed E-state index contributed by atoms with van der Waals surface area (Å²) < 4.78 is 39.4. The monoisotopic (exact) mass is 583 g/mol. The van der Waals surface area contributed by atoms with Crippen molar-refractivity contribution < 1.29 is 37.8 Å². The summed E-state index contributed by atoms with van der Waals surface area (Å²) in [5, 5.41) is 25.8. The Morgan fingerprint density at radius 3 is 2.10 bits per heavy atom. The fraction of sp³-hybridized carbons (Fsp3) is 0.323. The van der Waals surface area contributed by atoms with Crippen molar-refractivity contribution in [3.05, 3.63) is 101 Å². The van der Waals surface area contributed by atoms with Crippen LogP contribution in [-0.4, -0.2) is 40.8 Å². The van der Waals surface area contributed by atoms with Gasteiger partial charge in [0.25, 0.3) is 5.91 Å². The lowest BCUT2D eigenvalue weighted by molar-refractivity contribution is -0.146. The Hall–Kier alpha value is -4.38. The molecule has 2 atom stereocenters. The standard InChI is InChI=1S/C31H32F3N3O5/c32-31(33,34)24-7-4-8-25(17-24)36-30(42)37-27(21-11-9-20(10-12-21)19-5-2-1-3-6-19)22-13-15-23(16-14-22)28(39)35-18-26(38)29(40)41/h4,7-17,19,26-27,38H,1-3,5-6,18H2,(H,35,39)(H,40,41)(H2,36,37,42). The molecular formula is C31H32F3N3O5. The summed E-state index contributed by atoms with van der Waals surface area (Å²) in [5.74, 6) is -1.58. The first-order valence-corrected chi connectivity index (χ1v) is 13.6. The van der Waals surface area contributed by atoms with Crippen LogP contribution in [0.25, 0.3) is 0 Å². The molecule has 0 spiro atoms. The van der Waals surface area contributed by atoms with Crippen LogP contribution in [0.1, 0.15) is 76.7 Å². The fourth-order valence-corrected chi connectivity index (χ4v) is 5.03. The van der Waals surface area contributed by atoms with Crippen molar-refractivity contribution in [2.24, 2.45) is 0 Å². The first-order chi connectivity index (χ1) is 20.0. The zero-order chi connectivity index (χ0) is 30.3. The minimum absolute atomic E-state index is 0.0238. The molecule has 3 amide bonds. The average Bonchev–Trinajstić information content (AvgIpc) is 2.99. The number of halogens is 3. The number of carbonyl (C=O) groups is 3. The second-order valence-corrected chi connectivity index (χ2v) is 10.3. The highest BCUT2D eigenvalue weighted by atomic mass is 19.4. The van der Waals surface area contributed by atoms with Crippen molar-refractivity contribution in [3.8, 4) is 0 Å². The van der Waals surface area contributed by atoms with Crippen LogP contribution in [0.4, 0.5) is 23.7 Å². The maximum absolute atomic E-state index is 13.1. The normalized spacial score (nSPS) is 15.3. The van der Waals surface area contributed by atoms with E-state index in [1.54, 1.807) is 12.1 Å². The molecule has 0 aliphatic heterocycles. The summed E-state index contributed by atoms with van der Waals surface area (Å²) in [6, 6.07) is 17.0. The van der Waals surface area contributed by atoms with Gasteiger partial charge in [0.05, 0.1) is 18.2 Å².